The first kappa shape index (κ1) is 38.3. The van der Waals surface area contributed by atoms with E-state index in [1.807, 2.05) is 97.1 Å². The summed E-state index contributed by atoms with van der Waals surface area (Å²) in [6.45, 7) is 0. The fourth-order valence-corrected chi connectivity index (χ4v) is 9.66. The van der Waals surface area contributed by atoms with Crippen LogP contribution < -0.4 is 0 Å². The second kappa shape index (κ2) is 15.8. The molecule has 0 aliphatic heterocycles. The lowest BCUT2D eigenvalue weighted by Gasteiger charge is -2.22. The predicted octanol–water partition coefficient (Wildman–Crippen LogP) is 14.7. The van der Waals surface area contributed by atoms with Crippen molar-refractivity contribution in [2.75, 3.05) is 0 Å². The van der Waals surface area contributed by atoms with Crippen LogP contribution in [0.4, 0.5) is 0 Å². The molecule has 9 aromatic carbocycles. The number of benzene rings is 9. The summed E-state index contributed by atoms with van der Waals surface area (Å²) in [6, 6.07) is 79.3. The van der Waals surface area contributed by atoms with Crippen LogP contribution in [0, 0.1) is 22.7 Å². The zero-order valence-electron chi connectivity index (χ0n) is 35.5. The topological polar surface area (TPSA) is 83.2 Å². The summed E-state index contributed by atoms with van der Waals surface area (Å²) >= 11 is 0. The Labute approximate surface area is 380 Å². The molecule has 0 bridgehead atoms. The van der Waals surface area contributed by atoms with E-state index in [9.17, 15) is 10.5 Å². The third kappa shape index (κ3) is 6.25. The third-order valence-electron chi connectivity index (χ3n) is 12.6. The van der Waals surface area contributed by atoms with E-state index in [2.05, 4.69) is 143 Å². The maximum absolute atomic E-state index is 10.8. The SMILES string of the molecule is N#Cc1ccccc1-c1cc(-c2nc(-c3ccccc3)cc(-c3ccccc3)n2)cc(-c2ccccc2C#N)c1-n1c2ccccc2c2cc3c4ccccc4n(-c4ccccc4)c3cc21. The Kier molecular flexibility index (Phi) is 9.16. The molecule has 0 radical (unpaired) electrons. The minimum Gasteiger partial charge on any atom is -0.309 e. The quantitative estimate of drug-likeness (QED) is 0.160. The van der Waals surface area contributed by atoms with E-state index in [1.165, 1.54) is 5.39 Å². The molecule has 0 unspecified atom stereocenters. The van der Waals surface area contributed by atoms with Crippen molar-refractivity contribution in [2.45, 2.75) is 0 Å². The normalized spacial score (nSPS) is 11.3. The van der Waals surface area contributed by atoms with Crippen molar-refractivity contribution in [1.29, 1.82) is 10.5 Å². The molecule has 6 heteroatoms. The molecule has 0 aliphatic carbocycles. The van der Waals surface area contributed by atoms with Crippen LogP contribution in [0.15, 0.2) is 218 Å². The fourth-order valence-electron chi connectivity index (χ4n) is 9.66. The average Bonchev–Trinajstić information content (AvgIpc) is 3.89. The van der Waals surface area contributed by atoms with Gasteiger partial charge in [-0.15, -0.1) is 0 Å². The summed E-state index contributed by atoms with van der Waals surface area (Å²) in [4.78, 5) is 10.6. The highest BCUT2D eigenvalue weighted by Crippen LogP contribution is 2.47. The molecule has 3 aromatic heterocycles. The molecule has 0 aliphatic rings. The van der Waals surface area contributed by atoms with E-state index in [4.69, 9.17) is 9.97 Å². The Balaban J connectivity index is 1.25. The van der Waals surface area contributed by atoms with E-state index in [0.29, 0.717) is 17.0 Å². The van der Waals surface area contributed by atoms with Crippen LogP contribution in [-0.2, 0) is 0 Å². The van der Waals surface area contributed by atoms with E-state index in [1.54, 1.807) is 0 Å². The third-order valence-corrected chi connectivity index (χ3v) is 12.6. The van der Waals surface area contributed by atoms with Crippen LogP contribution in [0.25, 0.3) is 111 Å². The summed E-state index contributed by atoms with van der Waals surface area (Å²) in [5, 5.41) is 26.1. The van der Waals surface area contributed by atoms with Crippen molar-refractivity contribution >= 4 is 43.6 Å². The van der Waals surface area contributed by atoms with Crippen LogP contribution in [0.1, 0.15) is 11.1 Å². The van der Waals surface area contributed by atoms with Gasteiger partial charge in [-0.3, -0.25) is 0 Å². The lowest BCUT2D eigenvalue weighted by Crippen LogP contribution is -2.04. The first-order valence-corrected chi connectivity index (χ1v) is 21.9. The minimum atomic E-state index is 0.518. The van der Waals surface area contributed by atoms with Gasteiger partial charge in [0.2, 0.25) is 0 Å². The van der Waals surface area contributed by atoms with Gasteiger partial charge in [0.05, 0.1) is 62.4 Å². The Morgan fingerprint density at radius 2 is 0.773 bits per heavy atom. The Morgan fingerprint density at radius 1 is 0.333 bits per heavy atom. The Morgan fingerprint density at radius 3 is 1.30 bits per heavy atom. The largest absolute Gasteiger partial charge is 0.309 e. The molecule has 306 valence electrons. The van der Waals surface area contributed by atoms with Crippen LogP contribution in [0.5, 0.6) is 0 Å². The van der Waals surface area contributed by atoms with Gasteiger partial charge in [-0.1, -0.05) is 152 Å². The van der Waals surface area contributed by atoms with Crippen molar-refractivity contribution in [1.82, 2.24) is 19.1 Å². The second-order valence-electron chi connectivity index (χ2n) is 16.4. The highest BCUT2D eigenvalue weighted by Gasteiger charge is 2.26. The van der Waals surface area contributed by atoms with E-state index in [-0.39, 0.29) is 0 Å². The highest BCUT2D eigenvalue weighted by atomic mass is 15.0. The van der Waals surface area contributed by atoms with Crippen LogP contribution in [0.2, 0.25) is 0 Å². The molecule has 0 amide bonds. The van der Waals surface area contributed by atoms with E-state index >= 15 is 0 Å². The van der Waals surface area contributed by atoms with Crippen molar-refractivity contribution < 1.29 is 0 Å². The van der Waals surface area contributed by atoms with Gasteiger partial charge in [0.1, 0.15) is 0 Å². The zero-order valence-corrected chi connectivity index (χ0v) is 35.5. The maximum atomic E-state index is 10.8. The lowest BCUT2D eigenvalue weighted by molar-refractivity contribution is 1.16. The van der Waals surface area contributed by atoms with Gasteiger partial charge in [0.25, 0.3) is 0 Å². The smallest absolute Gasteiger partial charge is 0.160 e. The highest BCUT2D eigenvalue weighted by molar-refractivity contribution is 6.20. The first-order valence-electron chi connectivity index (χ1n) is 21.9. The van der Waals surface area contributed by atoms with Crippen LogP contribution in [0.3, 0.4) is 0 Å². The van der Waals surface area contributed by atoms with E-state index < -0.39 is 0 Å². The van der Waals surface area contributed by atoms with Crippen LogP contribution in [-0.4, -0.2) is 19.1 Å². The summed E-state index contributed by atoms with van der Waals surface area (Å²) in [5.41, 5.74) is 14.4. The molecule has 0 N–H and O–H groups in total. The monoisotopic (exact) mass is 840 g/mol. The average molecular weight is 841 g/mol. The predicted molar refractivity (Wildman–Crippen MR) is 267 cm³/mol. The molecule has 0 saturated heterocycles. The number of para-hydroxylation sites is 3. The second-order valence-corrected chi connectivity index (χ2v) is 16.4. The summed E-state index contributed by atoms with van der Waals surface area (Å²) in [5.74, 6) is 0.518. The zero-order chi connectivity index (χ0) is 44.1. The molecule has 0 saturated carbocycles. The van der Waals surface area contributed by atoms with Crippen LogP contribution >= 0.6 is 0 Å². The molecule has 0 spiro atoms. The summed E-state index contributed by atoms with van der Waals surface area (Å²) < 4.78 is 4.68. The van der Waals surface area contributed by atoms with Gasteiger partial charge < -0.3 is 9.13 Å². The van der Waals surface area contributed by atoms with Crippen molar-refractivity contribution in [3.8, 4) is 79.7 Å². The Bertz CT molecular complexity index is 3810. The molecule has 0 fully saturated rings. The maximum Gasteiger partial charge on any atom is 0.160 e. The van der Waals surface area contributed by atoms with Crippen molar-refractivity contribution in [3.63, 3.8) is 0 Å². The lowest BCUT2D eigenvalue weighted by atomic mass is 9.89. The molecule has 3 heterocycles. The number of nitriles is 2. The molecule has 12 aromatic rings. The first-order chi connectivity index (χ1) is 32.7. The number of hydrogen-bond acceptors (Lipinski definition) is 4. The molecular weight excluding hydrogens is 805 g/mol. The van der Waals surface area contributed by atoms with E-state index in [0.717, 1.165) is 99.9 Å². The number of nitrogens with zero attached hydrogens (tertiary/aromatic N) is 6. The van der Waals surface area contributed by atoms with Gasteiger partial charge in [0, 0.05) is 66.2 Å². The van der Waals surface area contributed by atoms with Gasteiger partial charge in [-0.2, -0.15) is 10.5 Å². The number of rotatable bonds is 7. The number of hydrogen-bond donors (Lipinski definition) is 0. The van der Waals surface area contributed by atoms with Crippen molar-refractivity contribution in [3.05, 3.63) is 230 Å². The molecule has 0 atom stereocenters. The molecular formula is C60H36N6. The summed E-state index contributed by atoms with van der Waals surface area (Å²) in [6.07, 6.45) is 0. The number of aromatic nitrogens is 4. The standard InChI is InChI=1S/C60H36N6/c61-37-41-22-10-12-26-45(41)51-32-43(60-63-53(39-18-4-1-5-19-39)35-54(64-60)40-20-6-2-7-21-40)33-52(46-27-13-11-23-42(46)38-62)59(51)66-56-31-17-15-29-48(56)50-34-49-47-28-14-16-30-55(47)65(57(49)36-58(50)66)44-24-8-3-9-25-44/h1-36H. The molecule has 12 rings (SSSR count). The Hall–Kier alpha value is -9.36. The van der Waals surface area contributed by atoms with Gasteiger partial charge in [-0.25, -0.2) is 9.97 Å². The van der Waals surface area contributed by atoms with Gasteiger partial charge >= 0.3 is 0 Å². The van der Waals surface area contributed by atoms with Gasteiger partial charge in [0.15, 0.2) is 5.82 Å². The molecule has 6 nitrogen and oxygen atoms in total. The summed E-state index contributed by atoms with van der Waals surface area (Å²) in [7, 11) is 0. The van der Waals surface area contributed by atoms with Gasteiger partial charge in [-0.05, 0) is 66.7 Å². The van der Waals surface area contributed by atoms with Crippen molar-refractivity contribution in [2.24, 2.45) is 0 Å². The number of fused-ring (bicyclic) bond motifs is 6. The fraction of sp³-hybridized carbons (Fsp3) is 0. The minimum absolute atomic E-state index is 0.518. The molecule has 66 heavy (non-hydrogen) atoms.